The van der Waals surface area contributed by atoms with E-state index in [4.69, 9.17) is 17.3 Å². The van der Waals surface area contributed by atoms with Crippen LogP contribution in [0.15, 0.2) is 21.5 Å². The van der Waals surface area contributed by atoms with E-state index in [1.165, 1.54) is 0 Å². The maximum Gasteiger partial charge on any atom is 0.243 e. The molecule has 0 aromatic heterocycles. The summed E-state index contributed by atoms with van der Waals surface area (Å²) < 4.78 is 40.9. The highest BCUT2D eigenvalue weighted by molar-refractivity contribution is 9.10. The number of hydrogen-bond acceptors (Lipinski definition) is 3. The zero-order chi connectivity index (χ0) is 15.6. The molecule has 0 amide bonds. The monoisotopic (exact) mass is 434 g/mol. The van der Waals surface area contributed by atoms with Crippen molar-refractivity contribution in [3.05, 3.63) is 27.4 Å². The van der Waals surface area contributed by atoms with Gasteiger partial charge in [-0.3, -0.25) is 0 Å². The molecular formula is C13H18BrCl2FN2O2S. The van der Waals surface area contributed by atoms with E-state index in [1.807, 2.05) is 0 Å². The Morgan fingerprint density at radius 1 is 1.41 bits per heavy atom. The van der Waals surface area contributed by atoms with Gasteiger partial charge >= 0.3 is 0 Å². The molecule has 0 radical (unpaired) electrons. The van der Waals surface area contributed by atoms with Crippen molar-refractivity contribution in [1.82, 2.24) is 4.72 Å². The van der Waals surface area contributed by atoms with Crippen molar-refractivity contribution in [3.8, 4) is 0 Å². The summed E-state index contributed by atoms with van der Waals surface area (Å²) in [5, 5.41) is -0.156. The number of sulfonamides is 1. The fourth-order valence-corrected chi connectivity index (χ4v) is 5.87. The first kappa shape index (κ1) is 20.1. The maximum atomic E-state index is 13.2. The van der Waals surface area contributed by atoms with Crippen molar-refractivity contribution in [2.24, 2.45) is 11.7 Å². The van der Waals surface area contributed by atoms with E-state index >= 15 is 0 Å². The van der Waals surface area contributed by atoms with Crippen LogP contribution in [0.1, 0.15) is 25.7 Å². The topological polar surface area (TPSA) is 72.2 Å². The summed E-state index contributed by atoms with van der Waals surface area (Å²) in [4.78, 5) is -0.151. The molecule has 1 atom stereocenters. The summed E-state index contributed by atoms with van der Waals surface area (Å²) >= 11 is 8.94. The van der Waals surface area contributed by atoms with Crippen molar-refractivity contribution < 1.29 is 12.8 Å². The number of nitrogens with one attached hydrogen (secondary N) is 1. The van der Waals surface area contributed by atoms with Crippen molar-refractivity contribution in [2.45, 2.75) is 36.6 Å². The molecule has 1 aromatic rings. The van der Waals surface area contributed by atoms with Crippen molar-refractivity contribution in [2.75, 3.05) is 6.54 Å². The minimum atomic E-state index is -3.86. The second-order valence-electron chi connectivity index (χ2n) is 5.21. The van der Waals surface area contributed by atoms with E-state index < -0.39 is 15.8 Å². The van der Waals surface area contributed by atoms with E-state index in [0.29, 0.717) is 0 Å². The third-order valence-corrected chi connectivity index (χ3v) is 6.65. The van der Waals surface area contributed by atoms with Gasteiger partial charge < -0.3 is 5.73 Å². The molecule has 3 N–H and O–H groups in total. The molecule has 1 saturated carbocycles. The molecule has 1 unspecified atom stereocenters. The van der Waals surface area contributed by atoms with Gasteiger partial charge in [0.05, 0.1) is 5.02 Å². The van der Waals surface area contributed by atoms with Gasteiger partial charge in [-0.15, -0.1) is 12.4 Å². The predicted octanol–water partition coefficient (Wildman–Crippen LogP) is 3.46. The summed E-state index contributed by atoms with van der Waals surface area (Å²) in [6.07, 6.45) is 4.10. The van der Waals surface area contributed by atoms with Crippen molar-refractivity contribution in [1.29, 1.82) is 0 Å². The minimum Gasteiger partial charge on any atom is -0.329 e. The van der Waals surface area contributed by atoms with Gasteiger partial charge in [0, 0.05) is 17.1 Å². The summed E-state index contributed by atoms with van der Waals surface area (Å²) in [6.45, 7) is 0.223. The molecule has 0 saturated heterocycles. The molecule has 0 aliphatic heterocycles. The lowest BCUT2D eigenvalue weighted by molar-refractivity contribution is 0.405. The van der Waals surface area contributed by atoms with Gasteiger partial charge in [0.25, 0.3) is 0 Å². The van der Waals surface area contributed by atoms with E-state index in [-0.39, 0.29) is 45.3 Å². The second kappa shape index (κ2) is 8.26. The lowest BCUT2D eigenvalue weighted by atomic mass is 9.99. The van der Waals surface area contributed by atoms with Crippen LogP contribution >= 0.6 is 39.9 Å². The molecular weight excluding hydrogens is 418 g/mol. The number of hydrogen-bond donors (Lipinski definition) is 2. The molecule has 1 fully saturated rings. The second-order valence-corrected chi connectivity index (χ2v) is 8.12. The first-order valence-electron chi connectivity index (χ1n) is 6.72. The van der Waals surface area contributed by atoms with Gasteiger partial charge in [0.1, 0.15) is 10.7 Å². The zero-order valence-corrected chi connectivity index (χ0v) is 15.7. The summed E-state index contributed by atoms with van der Waals surface area (Å²) in [6, 6.07) is 1.73. The smallest absolute Gasteiger partial charge is 0.243 e. The Morgan fingerprint density at radius 3 is 2.50 bits per heavy atom. The summed E-state index contributed by atoms with van der Waals surface area (Å²) in [5.41, 5.74) is 5.71. The molecule has 22 heavy (non-hydrogen) atoms. The normalized spacial score (nSPS) is 17.3. The third-order valence-electron chi connectivity index (χ3n) is 3.76. The highest BCUT2D eigenvalue weighted by Crippen LogP contribution is 2.32. The van der Waals surface area contributed by atoms with Gasteiger partial charge in [-0.2, -0.15) is 0 Å². The van der Waals surface area contributed by atoms with Gasteiger partial charge in [0.15, 0.2) is 0 Å². The molecule has 126 valence electrons. The van der Waals surface area contributed by atoms with Crippen LogP contribution in [-0.2, 0) is 10.0 Å². The van der Waals surface area contributed by atoms with Crippen molar-refractivity contribution >= 4 is 50.0 Å². The largest absolute Gasteiger partial charge is 0.329 e. The fraction of sp³-hybridized carbons (Fsp3) is 0.538. The lowest BCUT2D eigenvalue weighted by Gasteiger charge is -2.23. The molecule has 0 spiro atoms. The average molecular weight is 436 g/mol. The number of nitrogens with two attached hydrogens (primary N) is 1. The molecule has 1 aliphatic carbocycles. The van der Waals surface area contributed by atoms with Crippen LogP contribution in [0.5, 0.6) is 0 Å². The summed E-state index contributed by atoms with van der Waals surface area (Å²) in [5.74, 6) is -0.361. The van der Waals surface area contributed by atoms with E-state index in [2.05, 4.69) is 20.7 Å². The van der Waals surface area contributed by atoms with Crippen molar-refractivity contribution in [3.63, 3.8) is 0 Å². The molecule has 1 aliphatic rings. The first-order chi connectivity index (χ1) is 9.85. The zero-order valence-electron chi connectivity index (χ0n) is 11.7. The minimum absolute atomic E-state index is 0. The molecule has 1 aromatic carbocycles. The molecule has 2 rings (SSSR count). The number of rotatable bonds is 5. The van der Waals surface area contributed by atoms with E-state index in [1.54, 1.807) is 0 Å². The van der Waals surface area contributed by atoms with Crippen LogP contribution in [0, 0.1) is 11.7 Å². The van der Waals surface area contributed by atoms with Crippen LogP contribution in [0.25, 0.3) is 0 Å². The van der Waals surface area contributed by atoms with Crippen LogP contribution < -0.4 is 10.5 Å². The Kier molecular flexibility index (Phi) is 7.56. The molecule has 0 bridgehead atoms. The Balaban J connectivity index is 0.00000242. The highest BCUT2D eigenvalue weighted by Gasteiger charge is 2.30. The summed E-state index contributed by atoms with van der Waals surface area (Å²) in [7, 11) is -3.86. The third kappa shape index (κ3) is 4.55. The Hall–Kier alpha value is 0.0800. The number of benzene rings is 1. The van der Waals surface area contributed by atoms with Crippen LogP contribution in [-0.4, -0.2) is 21.0 Å². The molecule has 9 heteroatoms. The fourth-order valence-electron chi connectivity index (χ4n) is 2.74. The van der Waals surface area contributed by atoms with Gasteiger partial charge in [-0.1, -0.05) is 24.4 Å². The first-order valence-corrected chi connectivity index (χ1v) is 9.37. The Morgan fingerprint density at radius 2 is 2.00 bits per heavy atom. The highest BCUT2D eigenvalue weighted by atomic mass is 79.9. The Labute approximate surface area is 149 Å². The van der Waals surface area contributed by atoms with Crippen LogP contribution in [0.3, 0.4) is 0 Å². The standard InChI is InChI=1S/C13H17BrClFN2O2S.ClH/c14-10-5-9(16)6-11(15)13(10)21(19,20)18-12(7-17)8-3-1-2-4-8;/h5-6,8,12,18H,1-4,7,17H2;1H. The quantitative estimate of drug-likeness (QED) is 0.743. The molecule has 0 heterocycles. The van der Waals surface area contributed by atoms with Gasteiger partial charge in [-0.25, -0.2) is 17.5 Å². The maximum absolute atomic E-state index is 13.2. The van der Waals surface area contributed by atoms with Gasteiger partial charge in [-0.05, 0) is 46.8 Å². The van der Waals surface area contributed by atoms with Crippen LogP contribution in [0.4, 0.5) is 4.39 Å². The predicted molar refractivity (Wildman–Crippen MR) is 91.5 cm³/mol. The SMILES string of the molecule is Cl.NCC(NS(=O)(=O)c1c(Cl)cc(F)cc1Br)C1CCCC1. The lowest BCUT2D eigenvalue weighted by Crippen LogP contribution is -2.44. The van der Waals surface area contributed by atoms with Gasteiger partial charge in [0.2, 0.25) is 10.0 Å². The average Bonchev–Trinajstić information content (AvgIpc) is 2.87. The van der Waals surface area contributed by atoms with E-state index in [9.17, 15) is 12.8 Å². The Bertz CT molecular complexity index is 601. The van der Waals surface area contributed by atoms with E-state index in [0.717, 1.165) is 37.8 Å². The number of halogens is 4. The molecule has 4 nitrogen and oxygen atoms in total. The van der Waals surface area contributed by atoms with Crippen LogP contribution in [0.2, 0.25) is 5.02 Å².